The molecule has 2 saturated heterocycles. The van der Waals surface area contributed by atoms with Gasteiger partial charge in [-0.05, 0) is 55.0 Å². The highest BCUT2D eigenvalue weighted by atomic mass is 16.2. The zero-order chi connectivity index (χ0) is 19.6. The molecule has 0 aliphatic carbocycles. The van der Waals surface area contributed by atoms with Crippen LogP contribution in [0.15, 0.2) is 54.6 Å². The van der Waals surface area contributed by atoms with Crippen LogP contribution >= 0.6 is 0 Å². The number of likely N-dealkylation sites (N-methyl/N-ethyl adjacent to an activating group) is 1. The molecule has 0 N–H and O–H groups in total. The maximum absolute atomic E-state index is 12.8. The Balaban J connectivity index is 1.46. The molecule has 2 heterocycles. The van der Waals surface area contributed by atoms with Gasteiger partial charge in [0, 0.05) is 20.1 Å². The Morgan fingerprint density at radius 2 is 1.75 bits per heavy atom. The van der Waals surface area contributed by atoms with Gasteiger partial charge in [0.1, 0.15) is 0 Å². The van der Waals surface area contributed by atoms with Gasteiger partial charge < -0.3 is 4.90 Å². The lowest BCUT2D eigenvalue weighted by Gasteiger charge is -2.49. The van der Waals surface area contributed by atoms with E-state index in [9.17, 15) is 10.1 Å². The van der Waals surface area contributed by atoms with Crippen LogP contribution in [0.1, 0.15) is 41.9 Å². The third-order valence-electron chi connectivity index (χ3n) is 6.53. The molecule has 0 bridgehead atoms. The SMILES string of the molecule is CN1CC2(CCN(Cc3ccccc3C#N)CC2)C[C@@H](c2ccccc2)C1=O. The quantitative estimate of drug-likeness (QED) is 0.822. The minimum Gasteiger partial charge on any atom is -0.345 e. The predicted molar refractivity (Wildman–Crippen MR) is 110 cm³/mol. The molecule has 1 atom stereocenters. The summed E-state index contributed by atoms with van der Waals surface area (Å²) in [7, 11) is 1.95. The van der Waals surface area contributed by atoms with Crippen LogP contribution in [0.2, 0.25) is 0 Å². The number of rotatable bonds is 3. The minimum absolute atomic E-state index is 0.0224. The molecule has 2 aliphatic heterocycles. The lowest BCUT2D eigenvalue weighted by Crippen LogP contribution is -2.52. The van der Waals surface area contributed by atoms with Gasteiger partial charge in [0.15, 0.2) is 0 Å². The van der Waals surface area contributed by atoms with Crippen molar-refractivity contribution >= 4 is 5.91 Å². The molecule has 0 radical (unpaired) electrons. The molecular formula is C24H27N3O. The molecule has 1 spiro atoms. The number of benzene rings is 2. The molecule has 4 rings (SSSR count). The van der Waals surface area contributed by atoms with Crippen LogP contribution in [0.3, 0.4) is 0 Å². The number of amides is 1. The van der Waals surface area contributed by atoms with Gasteiger partial charge in [-0.1, -0.05) is 48.5 Å². The van der Waals surface area contributed by atoms with Crippen LogP contribution in [-0.2, 0) is 11.3 Å². The number of likely N-dealkylation sites (tertiary alicyclic amines) is 2. The third-order valence-corrected chi connectivity index (χ3v) is 6.53. The normalized spacial score (nSPS) is 22.2. The molecule has 144 valence electrons. The van der Waals surface area contributed by atoms with Gasteiger partial charge in [0.2, 0.25) is 5.91 Å². The van der Waals surface area contributed by atoms with E-state index in [1.807, 2.05) is 48.3 Å². The molecular weight excluding hydrogens is 346 g/mol. The van der Waals surface area contributed by atoms with Crippen molar-refractivity contribution in [1.29, 1.82) is 5.26 Å². The summed E-state index contributed by atoms with van der Waals surface area (Å²) in [4.78, 5) is 17.2. The molecule has 1 amide bonds. The smallest absolute Gasteiger partial charge is 0.229 e. The summed E-state index contributed by atoms with van der Waals surface area (Å²) in [5, 5.41) is 9.33. The van der Waals surface area contributed by atoms with Crippen LogP contribution in [0.4, 0.5) is 0 Å². The summed E-state index contributed by atoms with van der Waals surface area (Å²) in [5.41, 5.74) is 3.23. The van der Waals surface area contributed by atoms with Gasteiger partial charge in [0.25, 0.3) is 0 Å². The van der Waals surface area contributed by atoms with Crippen molar-refractivity contribution in [2.45, 2.75) is 31.7 Å². The van der Waals surface area contributed by atoms with E-state index in [-0.39, 0.29) is 17.2 Å². The van der Waals surface area contributed by atoms with Crippen molar-refractivity contribution in [1.82, 2.24) is 9.80 Å². The highest BCUT2D eigenvalue weighted by molar-refractivity contribution is 5.84. The van der Waals surface area contributed by atoms with Crippen molar-refractivity contribution in [2.75, 3.05) is 26.7 Å². The van der Waals surface area contributed by atoms with E-state index >= 15 is 0 Å². The van der Waals surface area contributed by atoms with Gasteiger partial charge >= 0.3 is 0 Å². The Hall–Kier alpha value is -2.64. The zero-order valence-corrected chi connectivity index (χ0v) is 16.5. The van der Waals surface area contributed by atoms with Crippen molar-refractivity contribution in [3.63, 3.8) is 0 Å². The molecule has 2 aromatic carbocycles. The molecule has 2 aliphatic rings. The number of hydrogen-bond donors (Lipinski definition) is 0. The average molecular weight is 374 g/mol. The summed E-state index contributed by atoms with van der Waals surface area (Å²) < 4.78 is 0. The van der Waals surface area contributed by atoms with Gasteiger partial charge in [-0.25, -0.2) is 0 Å². The molecule has 4 nitrogen and oxygen atoms in total. The first-order valence-electron chi connectivity index (χ1n) is 10.1. The van der Waals surface area contributed by atoms with Crippen LogP contribution in [-0.4, -0.2) is 42.4 Å². The van der Waals surface area contributed by atoms with Crippen molar-refractivity contribution in [3.05, 3.63) is 71.3 Å². The summed E-state index contributed by atoms with van der Waals surface area (Å²) in [6.07, 6.45) is 3.15. The van der Waals surface area contributed by atoms with Gasteiger partial charge in [-0.15, -0.1) is 0 Å². The predicted octanol–water partition coefficient (Wildman–Crippen LogP) is 3.79. The lowest BCUT2D eigenvalue weighted by molar-refractivity contribution is -0.139. The Morgan fingerprint density at radius 3 is 2.46 bits per heavy atom. The van der Waals surface area contributed by atoms with E-state index in [4.69, 9.17) is 0 Å². The molecule has 0 aromatic heterocycles. The molecule has 2 fully saturated rings. The second-order valence-corrected chi connectivity index (χ2v) is 8.41. The van der Waals surface area contributed by atoms with E-state index < -0.39 is 0 Å². The molecule has 28 heavy (non-hydrogen) atoms. The van der Waals surface area contributed by atoms with Gasteiger partial charge in [-0.2, -0.15) is 5.26 Å². The average Bonchev–Trinajstić information content (AvgIpc) is 2.74. The summed E-state index contributed by atoms with van der Waals surface area (Å²) >= 11 is 0. The largest absolute Gasteiger partial charge is 0.345 e. The summed E-state index contributed by atoms with van der Waals surface area (Å²) in [6, 6.07) is 20.4. The summed E-state index contributed by atoms with van der Waals surface area (Å²) in [5.74, 6) is 0.230. The van der Waals surface area contributed by atoms with E-state index in [0.717, 1.165) is 62.1 Å². The van der Waals surface area contributed by atoms with Crippen LogP contribution in [0.25, 0.3) is 0 Å². The first kappa shape index (κ1) is 18.7. The first-order valence-corrected chi connectivity index (χ1v) is 10.1. The number of nitriles is 1. The molecule has 2 aromatic rings. The minimum atomic E-state index is -0.0224. The zero-order valence-electron chi connectivity index (χ0n) is 16.5. The number of carbonyl (C=O) groups is 1. The Kier molecular flexibility index (Phi) is 5.19. The van der Waals surface area contributed by atoms with Gasteiger partial charge in [0.05, 0.1) is 17.6 Å². The number of carbonyl (C=O) groups excluding carboxylic acids is 1. The van der Waals surface area contributed by atoms with Crippen LogP contribution in [0, 0.1) is 16.7 Å². The standard InChI is InChI=1S/C24H27N3O/c1-26-18-24(15-22(23(26)28)19-7-3-2-4-8-19)11-13-27(14-12-24)17-21-10-6-5-9-20(21)16-25/h2-10,22H,11-15,17-18H2,1H3/t22-/m0/s1. The van der Waals surface area contributed by atoms with Crippen molar-refractivity contribution in [3.8, 4) is 6.07 Å². The van der Waals surface area contributed by atoms with E-state index in [1.165, 1.54) is 0 Å². The molecule has 0 unspecified atom stereocenters. The number of hydrogen-bond acceptors (Lipinski definition) is 3. The lowest BCUT2D eigenvalue weighted by atomic mass is 9.67. The van der Waals surface area contributed by atoms with Crippen molar-refractivity contribution < 1.29 is 4.79 Å². The maximum atomic E-state index is 12.8. The van der Waals surface area contributed by atoms with Gasteiger partial charge in [-0.3, -0.25) is 9.69 Å². The first-order chi connectivity index (χ1) is 13.6. The Morgan fingerprint density at radius 1 is 1.07 bits per heavy atom. The fourth-order valence-corrected chi connectivity index (χ4v) is 4.93. The summed E-state index contributed by atoms with van der Waals surface area (Å²) in [6.45, 7) is 3.72. The fraction of sp³-hybridized carbons (Fsp3) is 0.417. The van der Waals surface area contributed by atoms with Crippen LogP contribution < -0.4 is 0 Å². The number of piperidine rings is 2. The Labute approximate surface area is 167 Å². The fourth-order valence-electron chi connectivity index (χ4n) is 4.93. The third kappa shape index (κ3) is 3.68. The maximum Gasteiger partial charge on any atom is 0.229 e. The molecule has 0 saturated carbocycles. The number of nitrogens with zero attached hydrogens (tertiary/aromatic N) is 3. The second-order valence-electron chi connectivity index (χ2n) is 8.41. The second kappa shape index (κ2) is 7.77. The van der Waals surface area contributed by atoms with Crippen LogP contribution in [0.5, 0.6) is 0 Å². The topological polar surface area (TPSA) is 47.3 Å². The monoisotopic (exact) mass is 373 g/mol. The van der Waals surface area contributed by atoms with E-state index in [1.54, 1.807) is 0 Å². The molecule has 4 heteroatoms. The highest BCUT2D eigenvalue weighted by Crippen LogP contribution is 2.45. The Bertz CT molecular complexity index is 878. The van der Waals surface area contributed by atoms with Crippen molar-refractivity contribution in [2.24, 2.45) is 5.41 Å². The highest BCUT2D eigenvalue weighted by Gasteiger charge is 2.44. The van der Waals surface area contributed by atoms with E-state index in [2.05, 4.69) is 29.2 Å². The van der Waals surface area contributed by atoms with E-state index in [0.29, 0.717) is 0 Å².